The number of carbonyl (C=O) groups is 2. The summed E-state index contributed by atoms with van der Waals surface area (Å²) in [5, 5.41) is 0. The highest BCUT2D eigenvalue weighted by Crippen LogP contribution is 2.40. The van der Waals surface area contributed by atoms with E-state index >= 15 is 4.39 Å². The maximum Gasteiger partial charge on any atom is 0.338 e. The Morgan fingerprint density at radius 1 is 0.968 bits per heavy atom. The minimum absolute atomic E-state index is 0.282. The van der Waals surface area contributed by atoms with Crippen molar-refractivity contribution in [2.24, 2.45) is 0 Å². The maximum atomic E-state index is 15.2. The molecule has 0 N–H and O–H groups in total. The van der Waals surface area contributed by atoms with Gasteiger partial charge in [0.15, 0.2) is 24.4 Å². The first-order chi connectivity index (χ1) is 14.8. The molecule has 2 aliphatic heterocycles. The van der Waals surface area contributed by atoms with E-state index in [4.69, 9.17) is 23.7 Å². The zero-order chi connectivity index (χ0) is 22.0. The van der Waals surface area contributed by atoms with Crippen LogP contribution in [-0.4, -0.2) is 55.1 Å². The summed E-state index contributed by atoms with van der Waals surface area (Å²) in [6.45, 7) is 2.93. The van der Waals surface area contributed by atoms with Crippen molar-refractivity contribution in [3.05, 3.63) is 71.8 Å². The van der Waals surface area contributed by atoms with Gasteiger partial charge >= 0.3 is 11.9 Å². The second-order valence-electron chi connectivity index (χ2n) is 7.79. The molecule has 0 unspecified atom stereocenters. The standard InChI is InChI=1S/C23H23FO7/c1-23(2)30-19-17(24)18(29-22(19)31-23)16(28-21(26)15-11-7-4-8-12-15)13-27-20(25)14-9-5-3-6-10-14/h3-12,16-19,22H,13H2,1-2H3/t16-,17-,18+,19+,22-/m1/s1. The van der Waals surface area contributed by atoms with Gasteiger partial charge < -0.3 is 23.7 Å². The number of alkyl halides is 1. The molecule has 2 aliphatic rings. The molecule has 7 nitrogen and oxygen atoms in total. The molecular weight excluding hydrogens is 407 g/mol. The molecule has 0 radical (unpaired) electrons. The Kier molecular flexibility index (Phi) is 6.04. The van der Waals surface area contributed by atoms with Crippen LogP contribution in [0.2, 0.25) is 0 Å². The predicted octanol–water partition coefficient (Wildman–Crippen LogP) is 3.28. The highest BCUT2D eigenvalue weighted by molar-refractivity contribution is 5.90. The van der Waals surface area contributed by atoms with Crippen molar-refractivity contribution >= 4 is 11.9 Å². The topological polar surface area (TPSA) is 80.3 Å². The van der Waals surface area contributed by atoms with Crippen molar-refractivity contribution in [2.75, 3.05) is 6.61 Å². The largest absolute Gasteiger partial charge is 0.458 e. The summed E-state index contributed by atoms with van der Waals surface area (Å²) in [6.07, 6.45) is -5.98. The van der Waals surface area contributed by atoms with Crippen molar-refractivity contribution in [1.82, 2.24) is 0 Å². The normalized spacial score (nSPS) is 27.3. The lowest BCUT2D eigenvalue weighted by Gasteiger charge is -2.27. The minimum atomic E-state index is -1.64. The lowest BCUT2D eigenvalue weighted by Crippen LogP contribution is -2.43. The molecule has 0 amide bonds. The van der Waals surface area contributed by atoms with Crippen molar-refractivity contribution in [3.63, 3.8) is 0 Å². The lowest BCUT2D eigenvalue weighted by atomic mass is 10.1. The second-order valence-corrected chi connectivity index (χ2v) is 7.79. The fourth-order valence-electron chi connectivity index (χ4n) is 3.58. The molecule has 4 rings (SSSR count). The molecule has 2 aromatic rings. The fraction of sp³-hybridized carbons (Fsp3) is 0.391. The van der Waals surface area contributed by atoms with Crippen LogP contribution in [0.3, 0.4) is 0 Å². The Balaban J connectivity index is 1.49. The van der Waals surface area contributed by atoms with Crippen LogP contribution in [0.1, 0.15) is 34.6 Å². The monoisotopic (exact) mass is 430 g/mol. The summed E-state index contributed by atoms with van der Waals surface area (Å²) in [4.78, 5) is 24.9. The third kappa shape index (κ3) is 4.76. The number of ether oxygens (including phenoxy) is 5. The van der Waals surface area contributed by atoms with E-state index in [0.29, 0.717) is 5.56 Å². The van der Waals surface area contributed by atoms with Crippen LogP contribution in [0.25, 0.3) is 0 Å². The number of esters is 2. The number of carbonyl (C=O) groups excluding carboxylic acids is 2. The average molecular weight is 430 g/mol. The van der Waals surface area contributed by atoms with Gasteiger partial charge in [0.2, 0.25) is 0 Å². The molecule has 2 saturated heterocycles. The first-order valence-corrected chi connectivity index (χ1v) is 9.97. The van der Waals surface area contributed by atoms with Crippen LogP contribution in [0.4, 0.5) is 4.39 Å². The van der Waals surface area contributed by atoms with Crippen molar-refractivity contribution in [3.8, 4) is 0 Å². The van der Waals surface area contributed by atoms with E-state index in [0.717, 1.165) is 0 Å². The van der Waals surface area contributed by atoms with Crippen molar-refractivity contribution < 1.29 is 37.7 Å². The Hall–Kier alpha value is -2.81. The van der Waals surface area contributed by atoms with Gasteiger partial charge in [-0.2, -0.15) is 0 Å². The van der Waals surface area contributed by atoms with Crippen LogP contribution < -0.4 is 0 Å². The van der Waals surface area contributed by atoms with E-state index in [2.05, 4.69) is 0 Å². The Morgan fingerprint density at radius 2 is 1.55 bits per heavy atom. The number of fused-ring (bicyclic) bond motifs is 1. The van der Waals surface area contributed by atoms with E-state index in [1.165, 1.54) is 0 Å². The van der Waals surface area contributed by atoms with Crippen LogP contribution in [0.5, 0.6) is 0 Å². The highest BCUT2D eigenvalue weighted by Gasteiger charge is 2.58. The summed E-state index contributed by atoms with van der Waals surface area (Å²) < 4.78 is 42.8. The number of halogens is 1. The van der Waals surface area contributed by atoms with Crippen LogP contribution in [0.15, 0.2) is 60.7 Å². The van der Waals surface area contributed by atoms with Crippen molar-refractivity contribution in [2.45, 2.75) is 50.4 Å². The fourth-order valence-corrected chi connectivity index (χ4v) is 3.58. The van der Waals surface area contributed by atoms with Gasteiger partial charge in [0.1, 0.15) is 18.8 Å². The predicted molar refractivity (Wildman–Crippen MR) is 106 cm³/mol. The first-order valence-electron chi connectivity index (χ1n) is 9.97. The average Bonchev–Trinajstić information content (AvgIpc) is 3.24. The quantitative estimate of drug-likeness (QED) is 0.651. The minimum Gasteiger partial charge on any atom is -0.458 e. The van der Waals surface area contributed by atoms with Gasteiger partial charge in [-0.25, -0.2) is 14.0 Å². The third-order valence-corrected chi connectivity index (χ3v) is 5.03. The van der Waals surface area contributed by atoms with E-state index < -0.39 is 48.5 Å². The van der Waals surface area contributed by atoms with E-state index in [1.54, 1.807) is 74.5 Å². The number of hydrogen-bond acceptors (Lipinski definition) is 7. The lowest BCUT2D eigenvalue weighted by molar-refractivity contribution is -0.222. The van der Waals surface area contributed by atoms with Crippen LogP contribution in [0, 0.1) is 0 Å². The van der Waals surface area contributed by atoms with Gasteiger partial charge in [-0.15, -0.1) is 0 Å². The molecule has 31 heavy (non-hydrogen) atoms. The molecule has 5 atom stereocenters. The number of benzene rings is 2. The third-order valence-electron chi connectivity index (χ3n) is 5.03. The Labute approximate surface area is 179 Å². The highest BCUT2D eigenvalue weighted by atomic mass is 19.1. The van der Waals surface area contributed by atoms with E-state index in [1.807, 2.05) is 0 Å². The summed E-state index contributed by atoms with van der Waals surface area (Å²) >= 11 is 0. The molecular formula is C23H23FO7. The molecule has 0 aromatic heterocycles. The molecule has 0 bridgehead atoms. The summed E-state index contributed by atoms with van der Waals surface area (Å²) in [5.74, 6) is -2.29. The molecule has 2 fully saturated rings. The summed E-state index contributed by atoms with van der Waals surface area (Å²) in [7, 11) is 0. The summed E-state index contributed by atoms with van der Waals surface area (Å²) in [5.41, 5.74) is 0.606. The SMILES string of the molecule is CC1(C)O[C@H]2O[C@@H]([C@@H](COC(=O)c3ccccc3)OC(=O)c3ccccc3)[C@@H](F)[C@@H]2O1. The van der Waals surface area contributed by atoms with Gasteiger partial charge in [0.25, 0.3) is 0 Å². The maximum absolute atomic E-state index is 15.2. The molecule has 0 aliphatic carbocycles. The van der Waals surface area contributed by atoms with E-state index in [9.17, 15) is 9.59 Å². The first kappa shape index (κ1) is 21.4. The molecule has 0 spiro atoms. The van der Waals surface area contributed by atoms with Crippen LogP contribution in [-0.2, 0) is 23.7 Å². The zero-order valence-electron chi connectivity index (χ0n) is 17.1. The molecule has 8 heteroatoms. The molecule has 2 heterocycles. The molecule has 0 saturated carbocycles. The Bertz CT molecular complexity index is 918. The number of rotatable bonds is 6. The zero-order valence-corrected chi connectivity index (χ0v) is 17.1. The Morgan fingerprint density at radius 3 is 2.13 bits per heavy atom. The van der Waals surface area contributed by atoms with Crippen LogP contribution >= 0.6 is 0 Å². The van der Waals surface area contributed by atoms with Gasteiger partial charge in [0, 0.05) is 0 Å². The van der Waals surface area contributed by atoms with Gasteiger partial charge in [-0.1, -0.05) is 36.4 Å². The van der Waals surface area contributed by atoms with E-state index in [-0.39, 0.29) is 12.2 Å². The molecule has 2 aromatic carbocycles. The van der Waals surface area contributed by atoms with Gasteiger partial charge in [0.05, 0.1) is 11.1 Å². The second kappa shape index (κ2) is 8.74. The van der Waals surface area contributed by atoms with Gasteiger partial charge in [-0.3, -0.25) is 0 Å². The van der Waals surface area contributed by atoms with Crippen molar-refractivity contribution in [1.29, 1.82) is 0 Å². The van der Waals surface area contributed by atoms with Gasteiger partial charge in [-0.05, 0) is 38.1 Å². The molecule has 164 valence electrons. The smallest absolute Gasteiger partial charge is 0.338 e. The summed E-state index contributed by atoms with van der Waals surface area (Å²) in [6, 6.07) is 16.6. The number of hydrogen-bond donors (Lipinski definition) is 0.